The fourth-order valence-electron chi connectivity index (χ4n) is 2.84. The first kappa shape index (κ1) is 15.3. The normalized spacial score (nSPS) is 13.2. The zero-order valence-corrected chi connectivity index (χ0v) is 13.7. The fraction of sp³-hybridized carbons (Fsp3) is 0.167. The van der Waals surface area contributed by atoms with Gasteiger partial charge in [0.05, 0.1) is 22.2 Å². The molecule has 0 radical (unpaired) electrons. The predicted molar refractivity (Wildman–Crippen MR) is 90.5 cm³/mol. The van der Waals surface area contributed by atoms with Crippen LogP contribution in [0, 0.1) is 25.2 Å². The van der Waals surface area contributed by atoms with E-state index in [2.05, 4.69) is 10.8 Å². The largest absolute Gasteiger partial charge is 0.279 e. The van der Waals surface area contributed by atoms with Gasteiger partial charge in [0.15, 0.2) is 0 Å². The van der Waals surface area contributed by atoms with Crippen LogP contribution in [0.15, 0.2) is 47.4 Å². The Kier molecular flexibility index (Phi) is 3.70. The van der Waals surface area contributed by atoms with Crippen molar-refractivity contribution in [3.63, 3.8) is 0 Å². The highest BCUT2D eigenvalue weighted by Gasteiger charge is 2.22. The van der Waals surface area contributed by atoms with Gasteiger partial charge >= 0.3 is 0 Å². The zero-order valence-electron chi connectivity index (χ0n) is 12.9. The van der Waals surface area contributed by atoms with Crippen LogP contribution >= 0.6 is 0 Å². The number of sulfonamides is 1. The summed E-state index contributed by atoms with van der Waals surface area (Å²) in [7, 11) is -3.65. The molecule has 0 heterocycles. The molecule has 1 aliphatic carbocycles. The van der Waals surface area contributed by atoms with Gasteiger partial charge in [-0.2, -0.15) is 5.26 Å². The Bertz CT molecular complexity index is 967. The van der Waals surface area contributed by atoms with Crippen LogP contribution in [-0.4, -0.2) is 8.42 Å². The Labute approximate surface area is 136 Å². The first-order valence-electron chi connectivity index (χ1n) is 7.25. The fourth-order valence-corrected chi connectivity index (χ4v) is 4.04. The van der Waals surface area contributed by atoms with Crippen molar-refractivity contribution < 1.29 is 8.42 Å². The molecule has 0 fully saturated rings. The smallest absolute Gasteiger partial charge is 0.261 e. The Morgan fingerprint density at radius 2 is 1.96 bits per heavy atom. The van der Waals surface area contributed by atoms with Crippen LogP contribution in [0.25, 0.3) is 5.57 Å². The summed E-state index contributed by atoms with van der Waals surface area (Å²) in [6.07, 6.45) is 2.40. The summed E-state index contributed by atoms with van der Waals surface area (Å²) >= 11 is 0. The number of nitrogens with one attached hydrogen (secondary N) is 1. The van der Waals surface area contributed by atoms with Gasteiger partial charge in [-0.25, -0.2) is 8.42 Å². The summed E-state index contributed by atoms with van der Waals surface area (Å²) in [6.45, 7) is 3.78. The molecule has 0 spiro atoms. The molecule has 5 heteroatoms. The predicted octanol–water partition coefficient (Wildman–Crippen LogP) is 3.57. The molecule has 0 atom stereocenters. The Morgan fingerprint density at radius 3 is 2.65 bits per heavy atom. The quantitative estimate of drug-likeness (QED) is 0.938. The van der Waals surface area contributed by atoms with Gasteiger partial charge in [-0.15, -0.1) is 0 Å². The molecular formula is C18H16N2O2S. The second kappa shape index (κ2) is 5.56. The first-order valence-corrected chi connectivity index (χ1v) is 8.73. The molecule has 2 aromatic carbocycles. The van der Waals surface area contributed by atoms with Gasteiger partial charge in [0.25, 0.3) is 10.0 Å². The molecule has 0 aromatic heterocycles. The van der Waals surface area contributed by atoms with Crippen molar-refractivity contribution in [2.24, 2.45) is 0 Å². The van der Waals surface area contributed by atoms with Crippen molar-refractivity contribution in [3.8, 4) is 6.07 Å². The van der Waals surface area contributed by atoms with Crippen LogP contribution in [-0.2, 0) is 16.4 Å². The van der Waals surface area contributed by atoms with Gasteiger partial charge in [-0.1, -0.05) is 24.3 Å². The van der Waals surface area contributed by atoms with Gasteiger partial charge in [-0.3, -0.25) is 4.72 Å². The highest BCUT2D eigenvalue weighted by atomic mass is 32.2. The lowest BCUT2D eigenvalue weighted by Crippen LogP contribution is -2.14. The van der Waals surface area contributed by atoms with Crippen LogP contribution < -0.4 is 4.72 Å². The molecule has 0 amide bonds. The minimum atomic E-state index is -3.65. The van der Waals surface area contributed by atoms with Gasteiger partial charge in [0.2, 0.25) is 0 Å². The van der Waals surface area contributed by atoms with Crippen molar-refractivity contribution in [2.45, 2.75) is 25.2 Å². The van der Waals surface area contributed by atoms with E-state index in [0.717, 1.165) is 22.3 Å². The van der Waals surface area contributed by atoms with E-state index in [1.807, 2.05) is 32.1 Å². The van der Waals surface area contributed by atoms with Crippen molar-refractivity contribution in [3.05, 3.63) is 64.7 Å². The SMILES string of the molecule is Cc1cccc(S(=O)(=O)Nc2ccc(C)c3c2CC=C3C#N)c1. The van der Waals surface area contributed by atoms with Crippen LogP contribution in [0.5, 0.6) is 0 Å². The number of fused-ring (bicyclic) bond motifs is 1. The molecular weight excluding hydrogens is 308 g/mol. The minimum absolute atomic E-state index is 0.235. The summed E-state index contributed by atoms with van der Waals surface area (Å²) in [5, 5.41) is 9.21. The number of aryl methyl sites for hydroxylation is 2. The van der Waals surface area contributed by atoms with Crippen LogP contribution in [0.1, 0.15) is 22.3 Å². The maximum absolute atomic E-state index is 12.6. The van der Waals surface area contributed by atoms with Gasteiger partial charge < -0.3 is 0 Å². The number of hydrogen-bond donors (Lipinski definition) is 1. The number of rotatable bonds is 3. The van der Waals surface area contributed by atoms with E-state index in [4.69, 9.17) is 0 Å². The number of hydrogen-bond acceptors (Lipinski definition) is 3. The Morgan fingerprint density at radius 1 is 1.17 bits per heavy atom. The average Bonchev–Trinajstić information content (AvgIpc) is 2.95. The Balaban J connectivity index is 2.03. The summed E-state index contributed by atoms with van der Waals surface area (Å²) in [5.41, 5.74) is 4.71. The molecule has 0 aliphatic heterocycles. The molecule has 0 unspecified atom stereocenters. The van der Waals surface area contributed by atoms with E-state index in [-0.39, 0.29) is 4.90 Å². The third-order valence-corrected chi connectivity index (χ3v) is 5.33. The number of benzene rings is 2. The molecule has 1 N–H and O–H groups in total. The molecule has 0 saturated heterocycles. The standard InChI is InChI=1S/C18H16N2O2S/c1-12-4-3-5-15(10-12)23(21,22)20-17-9-6-13(2)18-14(11-19)7-8-16(17)18/h3-7,9-10,20H,8H2,1-2H3. The van der Waals surface area contributed by atoms with Crippen molar-refractivity contribution in [1.82, 2.24) is 0 Å². The molecule has 0 saturated carbocycles. The molecule has 2 aromatic rings. The van der Waals surface area contributed by atoms with Crippen molar-refractivity contribution in [2.75, 3.05) is 4.72 Å². The third-order valence-electron chi connectivity index (χ3n) is 3.97. The first-order chi connectivity index (χ1) is 10.9. The monoisotopic (exact) mass is 324 g/mol. The highest BCUT2D eigenvalue weighted by Crippen LogP contribution is 2.35. The van der Waals surface area contributed by atoms with Crippen LogP contribution in [0.2, 0.25) is 0 Å². The number of nitriles is 1. The summed E-state index contributed by atoms with van der Waals surface area (Å²) in [4.78, 5) is 0.235. The molecule has 1 aliphatic rings. The average molecular weight is 324 g/mol. The highest BCUT2D eigenvalue weighted by molar-refractivity contribution is 7.92. The van der Waals surface area contributed by atoms with Gasteiger partial charge in [-0.05, 0) is 55.2 Å². The lowest BCUT2D eigenvalue weighted by molar-refractivity contribution is 0.601. The zero-order chi connectivity index (χ0) is 16.6. The molecule has 3 rings (SSSR count). The lowest BCUT2D eigenvalue weighted by Gasteiger charge is -2.14. The van der Waals surface area contributed by atoms with E-state index in [1.165, 1.54) is 0 Å². The third kappa shape index (κ3) is 2.73. The van der Waals surface area contributed by atoms with Crippen LogP contribution in [0.3, 0.4) is 0 Å². The van der Waals surface area contributed by atoms with E-state index in [1.54, 1.807) is 24.3 Å². The maximum Gasteiger partial charge on any atom is 0.261 e. The van der Waals surface area contributed by atoms with E-state index < -0.39 is 10.0 Å². The molecule has 116 valence electrons. The summed E-state index contributed by atoms with van der Waals surface area (Å²) in [5.74, 6) is 0. The van der Waals surface area contributed by atoms with Crippen molar-refractivity contribution >= 4 is 21.3 Å². The van der Waals surface area contributed by atoms with Gasteiger partial charge in [0, 0.05) is 5.56 Å². The molecule has 23 heavy (non-hydrogen) atoms. The molecule has 4 nitrogen and oxygen atoms in total. The number of allylic oxidation sites excluding steroid dienone is 2. The second-order valence-electron chi connectivity index (χ2n) is 5.64. The molecule has 0 bridgehead atoms. The minimum Gasteiger partial charge on any atom is -0.279 e. The van der Waals surface area contributed by atoms with Crippen molar-refractivity contribution in [1.29, 1.82) is 5.26 Å². The summed E-state index contributed by atoms with van der Waals surface area (Å²) < 4.78 is 27.9. The Hall–Kier alpha value is -2.58. The second-order valence-corrected chi connectivity index (χ2v) is 7.32. The topological polar surface area (TPSA) is 70.0 Å². The number of anilines is 1. The van der Waals surface area contributed by atoms with E-state index in [9.17, 15) is 13.7 Å². The maximum atomic E-state index is 12.6. The van der Waals surface area contributed by atoms with Gasteiger partial charge in [0.1, 0.15) is 0 Å². The van der Waals surface area contributed by atoms with E-state index >= 15 is 0 Å². The number of nitrogens with zero attached hydrogens (tertiary/aromatic N) is 1. The lowest BCUT2D eigenvalue weighted by atomic mass is 9.99. The van der Waals surface area contributed by atoms with E-state index in [0.29, 0.717) is 17.7 Å². The van der Waals surface area contributed by atoms with Crippen LogP contribution in [0.4, 0.5) is 5.69 Å². The summed E-state index contributed by atoms with van der Waals surface area (Å²) in [6, 6.07) is 12.6.